The van der Waals surface area contributed by atoms with Gasteiger partial charge in [0.05, 0.1) is 6.10 Å². The average molecular weight is 201 g/mol. The average Bonchev–Trinajstić information content (AvgIpc) is 2.17. The quantitative estimate of drug-likeness (QED) is 0.549. The molecule has 0 spiro atoms. The van der Waals surface area contributed by atoms with Gasteiger partial charge in [0.25, 0.3) is 0 Å². The third kappa shape index (κ3) is 10.0. The van der Waals surface area contributed by atoms with E-state index in [2.05, 4.69) is 19.2 Å². The summed E-state index contributed by atoms with van der Waals surface area (Å²) in [6.07, 6.45) is 8.02. The van der Waals surface area contributed by atoms with E-state index in [0.717, 1.165) is 13.2 Å². The fourth-order valence-corrected chi connectivity index (χ4v) is 1.53. The molecule has 0 saturated carbocycles. The Morgan fingerprint density at radius 1 is 1.14 bits per heavy atom. The molecule has 2 heteroatoms. The molecule has 0 aliphatic carbocycles. The van der Waals surface area contributed by atoms with Crippen molar-refractivity contribution in [1.82, 2.24) is 5.32 Å². The topological polar surface area (TPSA) is 21.3 Å². The highest BCUT2D eigenvalue weighted by Crippen LogP contribution is 2.04. The molecule has 0 amide bonds. The van der Waals surface area contributed by atoms with Gasteiger partial charge in [-0.15, -0.1) is 0 Å². The van der Waals surface area contributed by atoms with Crippen LogP contribution in [0.3, 0.4) is 0 Å². The number of rotatable bonds is 10. The lowest BCUT2D eigenvalue weighted by Gasteiger charge is -2.11. The maximum atomic E-state index is 5.67. The summed E-state index contributed by atoms with van der Waals surface area (Å²) in [6, 6.07) is 0. The van der Waals surface area contributed by atoms with Crippen molar-refractivity contribution in [3.05, 3.63) is 0 Å². The lowest BCUT2D eigenvalue weighted by molar-refractivity contribution is 0.0571. The van der Waals surface area contributed by atoms with Crippen LogP contribution in [0.15, 0.2) is 0 Å². The second-order valence-electron chi connectivity index (χ2n) is 3.99. The van der Waals surface area contributed by atoms with Gasteiger partial charge in [0.2, 0.25) is 0 Å². The molecule has 0 bridgehead atoms. The van der Waals surface area contributed by atoms with Gasteiger partial charge in [0, 0.05) is 6.61 Å². The summed E-state index contributed by atoms with van der Waals surface area (Å²) in [7, 11) is 2.01. The van der Waals surface area contributed by atoms with Gasteiger partial charge in [-0.2, -0.15) is 0 Å². The highest BCUT2D eigenvalue weighted by atomic mass is 16.5. The van der Waals surface area contributed by atoms with Gasteiger partial charge in [0.1, 0.15) is 0 Å². The zero-order chi connectivity index (χ0) is 10.6. The highest BCUT2D eigenvalue weighted by Gasteiger charge is 1.99. The minimum absolute atomic E-state index is 0.456. The fraction of sp³-hybridized carbons (Fsp3) is 1.00. The van der Waals surface area contributed by atoms with Gasteiger partial charge < -0.3 is 10.1 Å². The smallest absolute Gasteiger partial charge is 0.0546 e. The Balaban J connectivity index is 2.98. The second kappa shape index (κ2) is 11.0. The van der Waals surface area contributed by atoms with Gasteiger partial charge in [-0.25, -0.2) is 0 Å². The number of ether oxygens (including phenoxy) is 1. The van der Waals surface area contributed by atoms with E-state index in [9.17, 15) is 0 Å². The molecule has 0 aromatic carbocycles. The van der Waals surface area contributed by atoms with E-state index in [1.807, 2.05) is 7.05 Å². The Labute approximate surface area is 89.4 Å². The first kappa shape index (κ1) is 13.9. The zero-order valence-electron chi connectivity index (χ0n) is 10.1. The Morgan fingerprint density at radius 3 is 2.50 bits per heavy atom. The van der Waals surface area contributed by atoms with E-state index in [0.29, 0.717) is 6.10 Å². The summed E-state index contributed by atoms with van der Waals surface area (Å²) in [5.41, 5.74) is 0. The van der Waals surface area contributed by atoms with Crippen molar-refractivity contribution in [2.45, 2.75) is 58.5 Å². The Bertz CT molecular complexity index is 106. The fourth-order valence-electron chi connectivity index (χ4n) is 1.53. The van der Waals surface area contributed by atoms with E-state index in [1.165, 1.54) is 38.5 Å². The van der Waals surface area contributed by atoms with Crippen molar-refractivity contribution in [1.29, 1.82) is 0 Å². The van der Waals surface area contributed by atoms with Gasteiger partial charge in [0.15, 0.2) is 0 Å². The summed E-state index contributed by atoms with van der Waals surface area (Å²) >= 11 is 0. The third-order valence-electron chi connectivity index (χ3n) is 2.42. The van der Waals surface area contributed by atoms with E-state index in [1.54, 1.807) is 0 Å². The summed E-state index contributed by atoms with van der Waals surface area (Å²) in [6.45, 7) is 6.47. The van der Waals surface area contributed by atoms with Crippen molar-refractivity contribution in [3.8, 4) is 0 Å². The Morgan fingerprint density at radius 2 is 1.86 bits per heavy atom. The van der Waals surface area contributed by atoms with Crippen LogP contribution in [0.25, 0.3) is 0 Å². The maximum Gasteiger partial charge on any atom is 0.0546 e. The van der Waals surface area contributed by atoms with Crippen LogP contribution >= 0.6 is 0 Å². The van der Waals surface area contributed by atoms with Crippen LogP contribution in [-0.2, 0) is 4.74 Å². The standard InChI is InChI=1S/C12H27NO/c1-4-9-12(2)14-11-8-6-5-7-10-13-3/h12-13H,4-11H2,1-3H3. The molecule has 1 atom stereocenters. The first-order chi connectivity index (χ1) is 6.81. The number of unbranched alkanes of at least 4 members (excludes halogenated alkanes) is 3. The highest BCUT2D eigenvalue weighted by molar-refractivity contribution is 4.49. The van der Waals surface area contributed by atoms with E-state index < -0.39 is 0 Å². The minimum Gasteiger partial charge on any atom is -0.379 e. The maximum absolute atomic E-state index is 5.67. The summed E-state index contributed by atoms with van der Waals surface area (Å²) in [5.74, 6) is 0. The molecule has 0 aromatic rings. The Kier molecular flexibility index (Phi) is 10.9. The molecule has 14 heavy (non-hydrogen) atoms. The molecule has 0 radical (unpaired) electrons. The molecular formula is C12H27NO. The molecule has 0 aliphatic heterocycles. The van der Waals surface area contributed by atoms with Crippen LogP contribution in [0.1, 0.15) is 52.4 Å². The van der Waals surface area contributed by atoms with Crippen molar-refractivity contribution < 1.29 is 4.74 Å². The SMILES string of the molecule is CCCC(C)OCCCCCCNC. The van der Waals surface area contributed by atoms with Crippen LogP contribution in [0.2, 0.25) is 0 Å². The first-order valence-corrected chi connectivity index (χ1v) is 6.07. The van der Waals surface area contributed by atoms with Crippen molar-refractivity contribution in [2.75, 3.05) is 20.2 Å². The number of hydrogen-bond donors (Lipinski definition) is 1. The third-order valence-corrected chi connectivity index (χ3v) is 2.42. The molecule has 1 unspecified atom stereocenters. The minimum atomic E-state index is 0.456. The molecular weight excluding hydrogens is 174 g/mol. The van der Waals surface area contributed by atoms with Gasteiger partial charge in [-0.05, 0) is 39.8 Å². The molecule has 1 N–H and O–H groups in total. The van der Waals surface area contributed by atoms with E-state index in [4.69, 9.17) is 4.74 Å². The van der Waals surface area contributed by atoms with Gasteiger partial charge in [-0.1, -0.05) is 26.2 Å². The summed E-state index contributed by atoms with van der Waals surface area (Å²) in [5, 5.41) is 3.16. The van der Waals surface area contributed by atoms with Crippen LogP contribution in [0, 0.1) is 0 Å². The van der Waals surface area contributed by atoms with Crippen molar-refractivity contribution >= 4 is 0 Å². The summed E-state index contributed by atoms with van der Waals surface area (Å²) < 4.78 is 5.67. The molecule has 0 aromatic heterocycles. The normalized spacial score (nSPS) is 13.1. The van der Waals surface area contributed by atoms with Crippen LogP contribution in [0.4, 0.5) is 0 Å². The molecule has 0 aliphatic rings. The van der Waals surface area contributed by atoms with Crippen molar-refractivity contribution in [2.24, 2.45) is 0 Å². The van der Waals surface area contributed by atoms with Gasteiger partial charge in [-0.3, -0.25) is 0 Å². The molecule has 86 valence electrons. The summed E-state index contributed by atoms with van der Waals surface area (Å²) in [4.78, 5) is 0. The Hall–Kier alpha value is -0.0800. The molecule has 0 rings (SSSR count). The van der Waals surface area contributed by atoms with Crippen LogP contribution < -0.4 is 5.32 Å². The lowest BCUT2D eigenvalue weighted by atomic mass is 10.2. The predicted octanol–water partition coefficient (Wildman–Crippen LogP) is 2.97. The van der Waals surface area contributed by atoms with Crippen LogP contribution in [-0.4, -0.2) is 26.3 Å². The van der Waals surface area contributed by atoms with Crippen molar-refractivity contribution in [3.63, 3.8) is 0 Å². The molecule has 0 saturated heterocycles. The second-order valence-corrected chi connectivity index (χ2v) is 3.99. The largest absolute Gasteiger partial charge is 0.379 e. The zero-order valence-corrected chi connectivity index (χ0v) is 10.1. The number of nitrogens with one attached hydrogen (secondary N) is 1. The monoisotopic (exact) mass is 201 g/mol. The molecule has 2 nitrogen and oxygen atoms in total. The van der Waals surface area contributed by atoms with E-state index >= 15 is 0 Å². The van der Waals surface area contributed by atoms with Crippen LogP contribution in [0.5, 0.6) is 0 Å². The molecule has 0 heterocycles. The lowest BCUT2D eigenvalue weighted by Crippen LogP contribution is -2.09. The molecule has 0 fully saturated rings. The van der Waals surface area contributed by atoms with Gasteiger partial charge >= 0.3 is 0 Å². The van der Waals surface area contributed by atoms with E-state index in [-0.39, 0.29) is 0 Å². The predicted molar refractivity (Wildman–Crippen MR) is 62.7 cm³/mol. The number of hydrogen-bond acceptors (Lipinski definition) is 2. The first-order valence-electron chi connectivity index (χ1n) is 6.07.